The van der Waals surface area contributed by atoms with E-state index in [0.717, 1.165) is 24.2 Å². The molecule has 0 atom stereocenters. The predicted octanol–water partition coefficient (Wildman–Crippen LogP) is 4.22. The molecule has 7 heteroatoms. The van der Waals surface area contributed by atoms with Gasteiger partial charge >= 0.3 is 0 Å². The van der Waals surface area contributed by atoms with Gasteiger partial charge in [-0.2, -0.15) is 5.10 Å². The molecule has 0 aliphatic heterocycles. The number of hydrogen-bond acceptors (Lipinski definition) is 3. The van der Waals surface area contributed by atoms with Crippen LogP contribution in [0.5, 0.6) is 0 Å². The number of nitrogens with one attached hydrogen (secondary N) is 3. The molecule has 1 amide bonds. The Bertz CT molecular complexity index is 1140. The SMILES string of the molecule is O=C(Nc1ccc(-c2n[nH]c(C3CC3)n2)cc1)c1cc2c(F)cccc2[nH]1. The van der Waals surface area contributed by atoms with Crippen LogP contribution in [0, 0.1) is 5.82 Å². The van der Waals surface area contributed by atoms with Crippen molar-refractivity contribution in [3.8, 4) is 11.4 Å². The maximum atomic E-state index is 13.8. The Morgan fingerprint density at radius 2 is 1.96 bits per heavy atom. The number of anilines is 1. The maximum absolute atomic E-state index is 13.8. The molecule has 134 valence electrons. The van der Waals surface area contributed by atoms with Gasteiger partial charge in [0, 0.05) is 28.1 Å². The monoisotopic (exact) mass is 361 g/mol. The molecule has 3 N–H and O–H groups in total. The van der Waals surface area contributed by atoms with Gasteiger partial charge < -0.3 is 10.3 Å². The lowest BCUT2D eigenvalue weighted by Gasteiger charge is -2.04. The van der Waals surface area contributed by atoms with Gasteiger partial charge in [-0.05, 0) is 55.3 Å². The highest BCUT2D eigenvalue weighted by Gasteiger charge is 2.27. The van der Waals surface area contributed by atoms with Crippen LogP contribution in [0.15, 0.2) is 48.5 Å². The number of rotatable bonds is 4. The summed E-state index contributed by atoms with van der Waals surface area (Å²) in [5.74, 6) is 1.43. The fourth-order valence-electron chi connectivity index (χ4n) is 3.08. The second-order valence-corrected chi connectivity index (χ2v) is 6.73. The Morgan fingerprint density at radius 3 is 2.70 bits per heavy atom. The summed E-state index contributed by atoms with van der Waals surface area (Å²) in [6, 6.07) is 13.5. The minimum Gasteiger partial charge on any atom is -0.350 e. The molecule has 0 saturated heterocycles. The first-order chi connectivity index (χ1) is 13.2. The van der Waals surface area contributed by atoms with Gasteiger partial charge in [-0.3, -0.25) is 9.89 Å². The number of benzene rings is 2. The Kier molecular flexibility index (Phi) is 3.53. The normalized spacial score (nSPS) is 13.8. The molecule has 27 heavy (non-hydrogen) atoms. The summed E-state index contributed by atoms with van der Waals surface area (Å²) in [6.07, 6.45) is 2.33. The summed E-state index contributed by atoms with van der Waals surface area (Å²) in [5.41, 5.74) is 2.42. The molecule has 4 aromatic rings. The summed E-state index contributed by atoms with van der Waals surface area (Å²) in [6.45, 7) is 0. The Balaban J connectivity index is 1.33. The first-order valence-corrected chi connectivity index (χ1v) is 8.79. The van der Waals surface area contributed by atoms with Crippen molar-refractivity contribution >= 4 is 22.5 Å². The zero-order chi connectivity index (χ0) is 18.4. The van der Waals surface area contributed by atoms with Gasteiger partial charge in [-0.15, -0.1) is 0 Å². The Hall–Kier alpha value is -3.48. The van der Waals surface area contributed by atoms with Crippen LogP contribution in [-0.2, 0) is 0 Å². The number of nitrogens with zero attached hydrogens (tertiary/aromatic N) is 2. The molecule has 0 bridgehead atoms. The molecule has 0 radical (unpaired) electrons. The predicted molar refractivity (Wildman–Crippen MR) is 100 cm³/mol. The number of carbonyl (C=O) groups is 1. The van der Waals surface area contributed by atoms with Crippen molar-refractivity contribution in [2.45, 2.75) is 18.8 Å². The van der Waals surface area contributed by atoms with Crippen LogP contribution >= 0.6 is 0 Å². The van der Waals surface area contributed by atoms with E-state index >= 15 is 0 Å². The Labute approximate surface area is 153 Å². The summed E-state index contributed by atoms with van der Waals surface area (Å²) >= 11 is 0. The first kappa shape index (κ1) is 15.7. The average Bonchev–Trinajstić information content (AvgIpc) is 3.23. The minimum absolute atomic E-state index is 0.308. The van der Waals surface area contributed by atoms with Crippen LogP contribution in [0.1, 0.15) is 35.1 Å². The molecule has 1 fully saturated rings. The third-order valence-corrected chi connectivity index (χ3v) is 4.72. The quantitative estimate of drug-likeness (QED) is 0.509. The second kappa shape index (κ2) is 6.05. The van der Waals surface area contributed by atoms with Crippen molar-refractivity contribution in [1.82, 2.24) is 20.2 Å². The minimum atomic E-state index is -0.357. The van der Waals surface area contributed by atoms with E-state index in [9.17, 15) is 9.18 Å². The highest BCUT2D eigenvalue weighted by Crippen LogP contribution is 2.38. The molecule has 0 spiro atoms. The summed E-state index contributed by atoms with van der Waals surface area (Å²) in [5, 5.41) is 10.4. The fourth-order valence-corrected chi connectivity index (χ4v) is 3.08. The summed E-state index contributed by atoms with van der Waals surface area (Å²) in [4.78, 5) is 19.9. The zero-order valence-electron chi connectivity index (χ0n) is 14.3. The molecule has 2 heterocycles. The lowest BCUT2D eigenvalue weighted by molar-refractivity contribution is 0.102. The topological polar surface area (TPSA) is 86.5 Å². The number of aromatic amines is 2. The van der Waals surface area contributed by atoms with Crippen molar-refractivity contribution in [3.63, 3.8) is 0 Å². The molecular formula is C20H16FN5O. The van der Waals surface area contributed by atoms with E-state index in [1.54, 1.807) is 24.3 Å². The number of hydrogen-bond donors (Lipinski definition) is 3. The molecular weight excluding hydrogens is 345 g/mol. The van der Waals surface area contributed by atoms with E-state index in [1.165, 1.54) is 12.1 Å². The standard InChI is InChI=1S/C20H16FN5O/c21-15-2-1-3-16-14(15)10-17(23-16)20(27)22-13-8-6-12(7-9-13)19-24-18(25-26-19)11-4-5-11/h1-3,6-11,23H,4-5H2,(H,22,27)(H,24,25,26). The van der Waals surface area contributed by atoms with E-state index in [0.29, 0.717) is 34.0 Å². The molecule has 1 saturated carbocycles. The highest BCUT2D eigenvalue weighted by atomic mass is 19.1. The van der Waals surface area contributed by atoms with E-state index in [2.05, 4.69) is 25.5 Å². The van der Waals surface area contributed by atoms with Crippen molar-refractivity contribution in [1.29, 1.82) is 0 Å². The van der Waals surface area contributed by atoms with Gasteiger partial charge in [0.25, 0.3) is 5.91 Å². The summed E-state index contributed by atoms with van der Waals surface area (Å²) < 4.78 is 13.8. The van der Waals surface area contributed by atoms with Crippen molar-refractivity contribution in [2.24, 2.45) is 0 Å². The zero-order valence-corrected chi connectivity index (χ0v) is 14.3. The maximum Gasteiger partial charge on any atom is 0.272 e. The van der Waals surface area contributed by atoms with Gasteiger partial charge in [-0.1, -0.05) is 6.07 Å². The lowest BCUT2D eigenvalue weighted by Crippen LogP contribution is -2.12. The van der Waals surface area contributed by atoms with Crippen LogP contribution in [0.3, 0.4) is 0 Å². The second-order valence-electron chi connectivity index (χ2n) is 6.73. The van der Waals surface area contributed by atoms with Crippen LogP contribution < -0.4 is 5.32 Å². The molecule has 1 aliphatic rings. The number of halogens is 1. The summed E-state index contributed by atoms with van der Waals surface area (Å²) in [7, 11) is 0. The highest BCUT2D eigenvalue weighted by molar-refractivity contribution is 6.06. The molecule has 5 rings (SSSR count). The number of carbonyl (C=O) groups excluding carboxylic acids is 1. The molecule has 2 aromatic heterocycles. The van der Waals surface area contributed by atoms with Crippen molar-refractivity contribution < 1.29 is 9.18 Å². The van der Waals surface area contributed by atoms with Crippen molar-refractivity contribution in [2.75, 3.05) is 5.32 Å². The smallest absolute Gasteiger partial charge is 0.272 e. The number of fused-ring (bicyclic) bond motifs is 1. The molecule has 1 aliphatic carbocycles. The van der Waals surface area contributed by atoms with E-state index in [4.69, 9.17) is 0 Å². The third-order valence-electron chi connectivity index (χ3n) is 4.72. The Morgan fingerprint density at radius 1 is 1.15 bits per heavy atom. The fraction of sp³-hybridized carbons (Fsp3) is 0.150. The number of aromatic nitrogens is 4. The number of H-pyrrole nitrogens is 2. The van der Waals surface area contributed by atoms with Crippen molar-refractivity contribution in [3.05, 3.63) is 65.9 Å². The lowest BCUT2D eigenvalue weighted by atomic mass is 10.2. The van der Waals surface area contributed by atoms with Crippen LogP contribution in [0.25, 0.3) is 22.3 Å². The largest absolute Gasteiger partial charge is 0.350 e. The van der Waals surface area contributed by atoms with Crippen LogP contribution in [0.2, 0.25) is 0 Å². The van der Waals surface area contributed by atoms with Gasteiger partial charge in [0.05, 0.1) is 0 Å². The average molecular weight is 361 g/mol. The first-order valence-electron chi connectivity index (χ1n) is 8.79. The van der Waals surface area contributed by atoms with E-state index in [1.807, 2.05) is 12.1 Å². The van der Waals surface area contributed by atoms with E-state index < -0.39 is 0 Å². The van der Waals surface area contributed by atoms with E-state index in [-0.39, 0.29) is 11.7 Å². The van der Waals surface area contributed by atoms with Gasteiger partial charge in [-0.25, -0.2) is 9.37 Å². The van der Waals surface area contributed by atoms with Crippen LogP contribution in [-0.4, -0.2) is 26.1 Å². The van der Waals surface area contributed by atoms with Gasteiger partial charge in [0.2, 0.25) is 0 Å². The molecule has 0 unspecified atom stereocenters. The van der Waals surface area contributed by atoms with Gasteiger partial charge in [0.15, 0.2) is 5.82 Å². The number of amides is 1. The van der Waals surface area contributed by atoms with Crippen LogP contribution in [0.4, 0.5) is 10.1 Å². The van der Waals surface area contributed by atoms with Gasteiger partial charge in [0.1, 0.15) is 17.3 Å². The molecule has 2 aromatic carbocycles. The third kappa shape index (κ3) is 2.97. The molecule has 6 nitrogen and oxygen atoms in total.